The Kier molecular flexibility index (Phi) is 3.69. The summed E-state index contributed by atoms with van der Waals surface area (Å²) in [5.41, 5.74) is 3.32. The van der Waals surface area contributed by atoms with E-state index in [1.807, 2.05) is 37.3 Å². The molecule has 1 aromatic heterocycles. The monoisotopic (exact) mass is 247 g/mol. The van der Waals surface area contributed by atoms with Crippen LogP contribution in [-0.4, -0.2) is 9.97 Å². The fourth-order valence-electron chi connectivity index (χ4n) is 1.57. The van der Waals surface area contributed by atoms with Gasteiger partial charge in [0.15, 0.2) is 11.6 Å². The highest BCUT2D eigenvalue weighted by Crippen LogP contribution is 2.20. The summed E-state index contributed by atoms with van der Waals surface area (Å²) in [6, 6.07) is 9.63. The molecule has 0 saturated heterocycles. The molecule has 6 heteroatoms. The lowest BCUT2D eigenvalue weighted by molar-refractivity contribution is 0.614. The van der Waals surface area contributed by atoms with Gasteiger partial charge in [-0.05, 0) is 12.5 Å². The van der Waals surface area contributed by atoms with Gasteiger partial charge < -0.3 is 5.32 Å². The molecule has 18 heavy (non-hydrogen) atoms. The van der Waals surface area contributed by atoms with Crippen molar-refractivity contribution in [3.05, 3.63) is 47.9 Å². The summed E-state index contributed by atoms with van der Waals surface area (Å²) in [7, 11) is 0. The molecule has 5 nitrogen and oxygen atoms in total. The molecule has 0 spiro atoms. The lowest BCUT2D eigenvalue weighted by Crippen LogP contribution is -2.14. The van der Waals surface area contributed by atoms with Gasteiger partial charge >= 0.3 is 0 Å². The van der Waals surface area contributed by atoms with Crippen molar-refractivity contribution >= 4 is 11.8 Å². The number of nitrogens with one attached hydrogen (secondary N) is 2. The largest absolute Gasteiger partial charge is 0.361 e. The van der Waals surface area contributed by atoms with Crippen LogP contribution in [-0.2, 0) is 0 Å². The highest BCUT2D eigenvalue weighted by Gasteiger charge is 2.10. The average molecular weight is 247 g/mol. The fraction of sp³-hybridized carbons (Fsp3) is 0.167. The number of nitrogens with two attached hydrogens (primary N) is 1. The molecule has 1 heterocycles. The van der Waals surface area contributed by atoms with Crippen molar-refractivity contribution in [1.82, 2.24) is 9.97 Å². The van der Waals surface area contributed by atoms with E-state index in [4.69, 9.17) is 5.84 Å². The number of rotatable bonds is 4. The molecule has 0 aliphatic rings. The Morgan fingerprint density at radius 2 is 2.00 bits per heavy atom. The zero-order valence-electron chi connectivity index (χ0n) is 9.89. The Labute approximate surface area is 104 Å². The maximum Gasteiger partial charge on any atom is 0.239 e. The number of anilines is 2. The van der Waals surface area contributed by atoms with E-state index in [2.05, 4.69) is 20.7 Å². The normalized spacial score (nSPS) is 11.9. The second-order valence-corrected chi connectivity index (χ2v) is 3.81. The fourth-order valence-corrected chi connectivity index (χ4v) is 1.57. The van der Waals surface area contributed by atoms with E-state index in [1.165, 1.54) is 0 Å². The van der Waals surface area contributed by atoms with Crippen LogP contribution in [0.15, 0.2) is 36.5 Å². The number of nitrogens with zero attached hydrogens (tertiary/aromatic N) is 2. The minimum Gasteiger partial charge on any atom is -0.361 e. The summed E-state index contributed by atoms with van der Waals surface area (Å²) in [6.07, 6.45) is 1.07. The third-order valence-corrected chi connectivity index (χ3v) is 2.53. The first-order valence-corrected chi connectivity index (χ1v) is 5.51. The maximum absolute atomic E-state index is 13.5. The van der Waals surface area contributed by atoms with Crippen molar-refractivity contribution in [2.75, 3.05) is 10.7 Å². The third kappa shape index (κ3) is 2.72. The first-order valence-electron chi connectivity index (χ1n) is 5.51. The molecule has 0 amide bonds. The van der Waals surface area contributed by atoms with Crippen LogP contribution < -0.4 is 16.6 Å². The number of hydrogen-bond donors (Lipinski definition) is 3. The van der Waals surface area contributed by atoms with Crippen LogP contribution in [0, 0.1) is 5.82 Å². The molecule has 2 rings (SSSR count). The van der Waals surface area contributed by atoms with Gasteiger partial charge in [0.1, 0.15) is 0 Å². The van der Waals surface area contributed by atoms with E-state index in [9.17, 15) is 4.39 Å². The Morgan fingerprint density at radius 3 is 2.67 bits per heavy atom. The van der Waals surface area contributed by atoms with Crippen LogP contribution >= 0.6 is 0 Å². The van der Waals surface area contributed by atoms with Gasteiger partial charge in [-0.15, -0.1) is 0 Å². The molecule has 0 aliphatic heterocycles. The van der Waals surface area contributed by atoms with Gasteiger partial charge in [-0.3, -0.25) is 5.43 Å². The topological polar surface area (TPSA) is 75.9 Å². The van der Waals surface area contributed by atoms with E-state index >= 15 is 0 Å². The van der Waals surface area contributed by atoms with Crippen LogP contribution in [0.1, 0.15) is 18.5 Å². The van der Waals surface area contributed by atoms with Gasteiger partial charge in [-0.2, -0.15) is 4.98 Å². The minimum absolute atomic E-state index is 0.0683. The predicted octanol–water partition coefficient (Wildman–Crippen LogP) is 2.07. The highest BCUT2D eigenvalue weighted by atomic mass is 19.1. The molecule has 0 fully saturated rings. The van der Waals surface area contributed by atoms with Crippen LogP contribution in [0.25, 0.3) is 0 Å². The standard InChI is InChI=1S/C12H14FN5/c1-8(9-5-3-2-4-6-9)16-11-10(13)7-15-12(17-11)18-14/h2-8H,14H2,1H3,(H2,15,16,17,18). The van der Waals surface area contributed by atoms with Crippen molar-refractivity contribution in [1.29, 1.82) is 0 Å². The molecule has 0 saturated carbocycles. The number of nitrogen functional groups attached to an aromatic ring is 1. The molecular formula is C12H14FN5. The van der Waals surface area contributed by atoms with Gasteiger partial charge in [0.2, 0.25) is 5.95 Å². The van der Waals surface area contributed by atoms with Gasteiger partial charge in [0.25, 0.3) is 0 Å². The summed E-state index contributed by atoms with van der Waals surface area (Å²) < 4.78 is 13.5. The quantitative estimate of drug-likeness (QED) is 0.569. The summed E-state index contributed by atoms with van der Waals surface area (Å²) in [5.74, 6) is 4.95. The first-order chi connectivity index (χ1) is 8.70. The van der Waals surface area contributed by atoms with Crippen LogP contribution in [0.2, 0.25) is 0 Å². The lowest BCUT2D eigenvalue weighted by Gasteiger charge is -2.15. The van der Waals surface area contributed by atoms with E-state index in [1.54, 1.807) is 0 Å². The number of halogens is 1. The molecule has 0 bridgehead atoms. The molecule has 4 N–H and O–H groups in total. The van der Waals surface area contributed by atoms with E-state index < -0.39 is 5.82 Å². The number of hydrogen-bond acceptors (Lipinski definition) is 5. The van der Waals surface area contributed by atoms with Crippen molar-refractivity contribution in [2.24, 2.45) is 5.84 Å². The average Bonchev–Trinajstić information content (AvgIpc) is 2.42. The van der Waals surface area contributed by atoms with Crippen molar-refractivity contribution in [2.45, 2.75) is 13.0 Å². The summed E-state index contributed by atoms with van der Waals surface area (Å²) in [6.45, 7) is 1.92. The zero-order chi connectivity index (χ0) is 13.0. The molecule has 94 valence electrons. The van der Waals surface area contributed by atoms with E-state index in [0.29, 0.717) is 0 Å². The van der Waals surface area contributed by atoms with Crippen molar-refractivity contribution in [3.8, 4) is 0 Å². The van der Waals surface area contributed by atoms with E-state index in [-0.39, 0.29) is 17.8 Å². The minimum atomic E-state index is -0.517. The number of benzene rings is 1. The maximum atomic E-state index is 13.5. The molecule has 2 aromatic rings. The SMILES string of the molecule is CC(Nc1nc(NN)ncc1F)c1ccccc1. The molecule has 1 atom stereocenters. The third-order valence-electron chi connectivity index (χ3n) is 2.53. The molecule has 1 aromatic carbocycles. The van der Waals surface area contributed by atoms with Gasteiger partial charge in [0.05, 0.1) is 12.2 Å². The molecule has 0 radical (unpaired) electrons. The summed E-state index contributed by atoms with van der Waals surface area (Å²) in [5, 5.41) is 2.98. The summed E-state index contributed by atoms with van der Waals surface area (Å²) in [4.78, 5) is 7.60. The van der Waals surface area contributed by atoms with Gasteiger partial charge in [0, 0.05) is 0 Å². The number of aromatic nitrogens is 2. The Bertz CT molecular complexity index is 517. The molecule has 0 aliphatic carbocycles. The van der Waals surface area contributed by atoms with Gasteiger partial charge in [-0.1, -0.05) is 30.3 Å². The lowest BCUT2D eigenvalue weighted by atomic mass is 10.1. The highest BCUT2D eigenvalue weighted by molar-refractivity contribution is 5.42. The molecule has 1 unspecified atom stereocenters. The second-order valence-electron chi connectivity index (χ2n) is 3.81. The van der Waals surface area contributed by atoms with Crippen molar-refractivity contribution in [3.63, 3.8) is 0 Å². The number of hydrazine groups is 1. The Morgan fingerprint density at radius 1 is 1.28 bits per heavy atom. The smallest absolute Gasteiger partial charge is 0.239 e. The second kappa shape index (κ2) is 5.42. The Balaban J connectivity index is 2.18. The van der Waals surface area contributed by atoms with Crippen LogP contribution in [0.4, 0.5) is 16.2 Å². The predicted molar refractivity (Wildman–Crippen MR) is 68.3 cm³/mol. The first kappa shape index (κ1) is 12.3. The van der Waals surface area contributed by atoms with Crippen LogP contribution in [0.3, 0.4) is 0 Å². The van der Waals surface area contributed by atoms with Crippen LogP contribution in [0.5, 0.6) is 0 Å². The Hall–Kier alpha value is -2.21. The van der Waals surface area contributed by atoms with Crippen molar-refractivity contribution < 1.29 is 4.39 Å². The van der Waals surface area contributed by atoms with E-state index in [0.717, 1.165) is 11.8 Å². The molecular weight excluding hydrogens is 233 g/mol. The van der Waals surface area contributed by atoms with Gasteiger partial charge in [-0.25, -0.2) is 15.2 Å². The summed E-state index contributed by atoms with van der Waals surface area (Å²) >= 11 is 0. The zero-order valence-corrected chi connectivity index (χ0v) is 9.89.